The summed E-state index contributed by atoms with van der Waals surface area (Å²) >= 11 is 3.24. The number of anilines is 1. The summed E-state index contributed by atoms with van der Waals surface area (Å²) in [6.07, 6.45) is -0.0987. The number of carbonyl (C=O) groups excluding carboxylic acids is 3. The predicted octanol–water partition coefficient (Wildman–Crippen LogP) is 2.66. The molecule has 0 heterocycles. The average Bonchev–Trinajstić information content (AvgIpc) is 2.67. The Hall–Kier alpha value is -2.94. The Morgan fingerprint density at radius 2 is 1.82 bits per heavy atom. The summed E-state index contributed by atoms with van der Waals surface area (Å²) in [7, 11) is 1.46. The van der Waals surface area contributed by atoms with E-state index in [1.807, 2.05) is 0 Å². The van der Waals surface area contributed by atoms with E-state index in [0.29, 0.717) is 15.9 Å². The highest BCUT2D eigenvalue weighted by Gasteiger charge is 2.20. The second kappa shape index (κ2) is 9.84. The number of hydrogen-bond donors (Lipinski definition) is 1. The van der Waals surface area contributed by atoms with Gasteiger partial charge in [0.2, 0.25) is 5.91 Å². The van der Waals surface area contributed by atoms with Crippen molar-refractivity contribution in [3.63, 3.8) is 0 Å². The molecule has 0 aromatic heterocycles. The number of hydrogen-bond acceptors (Lipinski definition) is 5. The minimum atomic E-state index is -0.729. The van der Waals surface area contributed by atoms with Gasteiger partial charge in [-0.05, 0) is 58.4 Å². The highest BCUT2D eigenvalue weighted by molar-refractivity contribution is 9.10. The standard InChI is InChI=1S/C19H18BrFN2O5/c1-27-14-6-7-16(20)15(10-14)19(26)28-11-18(25)23(9-8-17(22)24)13-4-2-12(21)3-5-13/h2-7,10H,8-9,11H2,1H3,(H2,22,24). The molecular formula is C19H18BrFN2O5. The molecule has 148 valence electrons. The molecule has 0 atom stereocenters. The van der Waals surface area contributed by atoms with Gasteiger partial charge in [-0.15, -0.1) is 0 Å². The molecule has 2 rings (SSSR count). The van der Waals surface area contributed by atoms with Gasteiger partial charge in [0.15, 0.2) is 6.61 Å². The maximum Gasteiger partial charge on any atom is 0.339 e. The highest BCUT2D eigenvalue weighted by atomic mass is 79.9. The fourth-order valence-electron chi connectivity index (χ4n) is 2.31. The van der Waals surface area contributed by atoms with Gasteiger partial charge in [0.25, 0.3) is 5.91 Å². The van der Waals surface area contributed by atoms with Crippen LogP contribution in [0.2, 0.25) is 0 Å². The van der Waals surface area contributed by atoms with Crippen LogP contribution in [-0.4, -0.2) is 38.0 Å². The number of amides is 2. The Balaban J connectivity index is 2.11. The third-order valence-corrected chi connectivity index (χ3v) is 4.43. The van der Waals surface area contributed by atoms with Crippen molar-refractivity contribution in [1.82, 2.24) is 0 Å². The molecule has 0 aliphatic rings. The van der Waals surface area contributed by atoms with Crippen LogP contribution in [0.3, 0.4) is 0 Å². The van der Waals surface area contributed by atoms with Crippen molar-refractivity contribution in [3.8, 4) is 5.75 Å². The van der Waals surface area contributed by atoms with Gasteiger partial charge in [0.1, 0.15) is 11.6 Å². The van der Waals surface area contributed by atoms with E-state index in [1.54, 1.807) is 12.1 Å². The molecule has 0 bridgehead atoms. The first-order valence-corrected chi connectivity index (χ1v) is 8.96. The van der Waals surface area contributed by atoms with Crippen LogP contribution in [0, 0.1) is 5.82 Å². The van der Waals surface area contributed by atoms with Gasteiger partial charge < -0.3 is 20.1 Å². The smallest absolute Gasteiger partial charge is 0.339 e. The molecule has 0 saturated carbocycles. The lowest BCUT2D eigenvalue weighted by Gasteiger charge is -2.22. The van der Waals surface area contributed by atoms with Crippen molar-refractivity contribution in [1.29, 1.82) is 0 Å². The number of esters is 1. The Kier molecular flexibility index (Phi) is 7.51. The number of ether oxygens (including phenoxy) is 2. The number of methoxy groups -OCH3 is 1. The van der Waals surface area contributed by atoms with Crippen molar-refractivity contribution in [2.75, 3.05) is 25.2 Å². The zero-order chi connectivity index (χ0) is 20.7. The van der Waals surface area contributed by atoms with E-state index in [2.05, 4.69) is 15.9 Å². The lowest BCUT2D eigenvalue weighted by atomic mass is 10.2. The van der Waals surface area contributed by atoms with E-state index >= 15 is 0 Å². The van der Waals surface area contributed by atoms with E-state index < -0.39 is 30.2 Å². The quantitative estimate of drug-likeness (QED) is 0.620. The van der Waals surface area contributed by atoms with Crippen LogP contribution in [0.1, 0.15) is 16.8 Å². The van der Waals surface area contributed by atoms with Crippen LogP contribution < -0.4 is 15.4 Å². The van der Waals surface area contributed by atoms with E-state index in [1.165, 1.54) is 42.3 Å². The summed E-state index contributed by atoms with van der Waals surface area (Å²) in [6, 6.07) is 9.88. The van der Waals surface area contributed by atoms with Crippen LogP contribution in [0.5, 0.6) is 5.75 Å². The fourth-order valence-corrected chi connectivity index (χ4v) is 2.72. The summed E-state index contributed by atoms with van der Waals surface area (Å²) in [6.45, 7) is -0.598. The third kappa shape index (κ3) is 5.78. The SMILES string of the molecule is COc1ccc(Br)c(C(=O)OCC(=O)N(CCC(N)=O)c2ccc(F)cc2)c1. The summed E-state index contributed by atoms with van der Waals surface area (Å²) in [5.41, 5.74) is 5.69. The van der Waals surface area contributed by atoms with Crippen LogP contribution >= 0.6 is 15.9 Å². The molecule has 2 N–H and O–H groups in total. The van der Waals surface area contributed by atoms with Crippen LogP contribution in [0.4, 0.5) is 10.1 Å². The van der Waals surface area contributed by atoms with Crippen molar-refractivity contribution in [2.24, 2.45) is 5.73 Å². The second-order valence-corrected chi connectivity index (χ2v) is 6.51. The molecule has 0 aliphatic carbocycles. The molecule has 0 saturated heterocycles. The maximum absolute atomic E-state index is 13.1. The topological polar surface area (TPSA) is 98.9 Å². The first kappa shape index (κ1) is 21.4. The van der Waals surface area contributed by atoms with E-state index in [0.717, 1.165) is 0 Å². The molecule has 0 unspecified atom stereocenters. The van der Waals surface area contributed by atoms with Crippen LogP contribution in [0.25, 0.3) is 0 Å². The predicted molar refractivity (Wildman–Crippen MR) is 104 cm³/mol. The Morgan fingerprint density at radius 1 is 1.14 bits per heavy atom. The summed E-state index contributed by atoms with van der Waals surface area (Å²) in [5.74, 6) is -1.93. The summed E-state index contributed by atoms with van der Waals surface area (Å²) in [4.78, 5) is 37.1. The Morgan fingerprint density at radius 3 is 2.43 bits per heavy atom. The average molecular weight is 453 g/mol. The van der Waals surface area contributed by atoms with Gasteiger partial charge in [0, 0.05) is 23.1 Å². The lowest BCUT2D eigenvalue weighted by molar-refractivity contribution is -0.121. The number of primary amides is 1. The van der Waals surface area contributed by atoms with Crippen molar-refractivity contribution < 1.29 is 28.2 Å². The van der Waals surface area contributed by atoms with Gasteiger partial charge in [0.05, 0.1) is 12.7 Å². The minimum absolute atomic E-state index is 0.0276. The number of rotatable bonds is 8. The van der Waals surface area contributed by atoms with Crippen molar-refractivity contribution >= 4 is 39.4 Å². The molecule has 0 fully saturated rings. The van der Waals surface area contributed by atoms with E-state index in [-0.39, 0.29) is 18.5 Å². The first-order chi connectivity index (χ1) is 13.3. The van der Waals surface area contributed by atoms with Gasteiger partial charge in [-0.1, -0.05) is 0 Å². The molecule has 0 aliphatic heterocycles. The zero-order valence-electron chi connectivity index (χ0n) is 15.0. The van der Waals surface area contributed by atoms with Crippen LogP contribution in [-0.2, 0) is 14.3 Å². The largest absolute Gasteiger partial charge is 0.497 e. The number of nitrogens with two attached hydrogens (primary N) is 1. The van der Waals surface area contributed by atoms with Gasteiger partial charge in [-0.25, -0.2) is 9.18 Å². The van der Waals surface area contributed by atoms with Gasteiger partial charge in [-0.3, -0.25) is 9.59 Å². The molecular weight excluding hydrogens is 435 g/mol. The van der Waals surface area contributed by atoms with Crippen molar-refractivity contribution in [2.45, 2.75) is 6.42 Å². The first-order valence-electron chi connectivity index (χ1n) is 8.16. The number of halogens is 2. The Labute approximate surface area is 169 Å². The van der Waals surface area contributed by atoms with Crippen LogP contribution in [0.15, 0.2) is 46.9 Å². The molecule has 2 aromatic carbocycles. The summed E-state index contributed by atoms with van der Waals surface area (Å²) in [5, 5.41) is 0. The van der Waals surface area contributed by atoms with Gasteiger partial charge >= 0.3 is 5.97 Å². The minimum Gasteiger partial charge on any atom is -0.497 e. The lowest BCUT2D eigenvalue weighted by Crippen LogP contribution is -2.37. The molecule has 9 heteroatoms. The third-order valence-electron chi connectivity index (χ3n) is 3.74. The fraction of sp³-hybridized carbons (Fsp3) is 0.211. The highest BCUT2D eigenvalue weighted by Crippen LogP contribution is 2.23. The summed E-state index contributed by atoms with van der Waals surface area (Å²) < 4.78 is 23.8. The van der Waals surface area contributed by atoms with Crippen molar-refractivity contribution in [3.05, 3.63) is 58.3 Å². The number of carbonyl (C=O) groups is 3. The molecule has 2 amide bonds. The monoisotopic (exact) mass is 452 g/mol. The van der Waals surface area contributed by atoms with E-state index in [9.17, 15) is 18.8 Å². The second-order valence-electron chi connectivity index (χ2n) is 5.66. The number of benzene rings is 2. The maximum atomic E-state index is 13.1. The normalized spacial score (nSPS) is 10.2. The van der Waals surface area contributed by atoms with E-state index in [4.69, 9.17) is 15.2 Å². The molecule has 28 heavy (non-hydrogen) atoms. The Bertz CT molecular complexity index is 873. The molecule has 0 spiro atoms. The van der Waals surface area contributed by atoms with Gasteiger partial charge in [-0.2, -0.15) is 0 Å². The molecule has 2 aromatic rings. The number of nitrogens with zero attached hydrogens (tertiary/aromatic N) is 1. The zero-order valence-corrected chi connectivity index (χ0v) is 16.6. The molecule has 7 nitrogen and oxygen atoms in total. The molecule has 0 radical (unpaired) electrons.